The highest BCUT2D eigenvalue weighted by Crippen LogP contribution is 2.06. The van der Waals surface area contributed by atoms with Crippen LogP contribution in [-0.2, 0) is 27.4 Å². The van der Waals surface area contributed by atoms with Crippen molar-refractivity contribution in [1.82, 2.24) is 21.3 Å². The van der Waals surface area contributed by atoms with E-state index < -0.39 is 30.2 Å². The molecular formula is C30H43N5O6. The highest BCUT2D eigenvalue weighted by molar-refractivity contribution is 5.88. The number of aliphatic carboxylic acids is 1. The predicted molar refractivity (Wildman–Crippen MR) is 156 cm³/mol. The molecule has 0 saturated heterocycles. The third kappa shape index (κ3) is 14.7. The van der Waals surface area contributed by atoms with E-state index in [-0.39, 0.29) is 18.9 Å². The van der Waals surface area contributed by atoms with E-state index in [2.05, 4.69) is 21.3 Å². The van der Waals surface area contributed by atoms with Gasteiger partial charge in [-0.05, 0) is 69.0 Å². The highest BCUT2D eigenvalue weighted by atomic mass is 16.5. The van der Waals surface area contributed by atoms with Crippen LogP contribution in [-0.4, -0.2) is 60.8 Å². The Morgan fingerprint density at radius 2 is 1.32 bits per heavy atom. The number of carboxylic acids is 1. The lowest BCUT2D eigenvalue weighted by molar-refractivity contribution is -0.139. The van der Waals surface area contributed by atoms with Gasteiger partial charge in [-0.15, -0.1) is 0 Å². The van der Waals surface area contributed by atoms with Crippen LogP contribution in [0.3, 0.4) is 0 Å². The minimum Gasteiger partial charge on any atom is -0.480 e. The fraction of sp³-hybridized carbons (Fsp3) is 0.467. The molecule has 0 radical (unpaired) electrons. The van der Waals surface area contributed by atoms with Crippen molar-refractivity contribution in [2.75, 3.05) is 19.6 Å². The van der Waals surface area contributed by atoms with Crippen molar-refractivity contribution in [3.63, 3.8) is 0 Å². The Morgan fingerprint density at radius 1 is 0.732 bits per heavy atom. The van der Waals surface area contributed by atoms with E-state index in [0.717, 1.165) is 18.4 Å². The number of ether oxygens (including phenoxy) is 1. The summed E-state index contributed by atoms with van der Waals surface area (Å²) in [4.78, 5) is 49.1. The topological polar surface area (TPSA) is 172 Å². The number of amides is 4. The summed E-state index contributed by atoms with van der Waals surface area (Å²) in [6.07, 6.45) is 3.83. The predicted octanol–water partition coefficient (Wildman–Crippen LogP) is 3.08. The fourth-order valence-electron chi connectivity index (χ4n) is 4.09. The molecule has 2 aromatic rings. The number of alkyl carbamates (subject to hydrolysis) is 1. The van der Waals surface area contributed by atoms with Gasteiger partial charge in [-0.2, -0.15) is 0 Å². The van der Waals surface area contributed by atoms with Gasteiger partial charge in [0.1, 0.15) is 18.7 Å². The first-order valence-electron chi connectivity index (χ1n) is 14.1. The van der Waals surface area contributed by atoms with Crippen molar-refractivity contribution in [2.45, 2.75) is 70.1 Å². The molecule has 0 spiro atoms. The van der Waals surface area contributed by atoms with Gasteiger partial charge in [0.2, 0.25) is 5.91 Å². The maximum atomic E-state index is 12.9. The molecule has 2 aromatic carbocycles. The monoisotopic (exact) mass is 569 g/mol. The van der Waals surface area contributed by atoms with Gasteiger partial charge >= 0.3 is 18.1 Å². The Bertz CT molecular complexity index is 1050. The molecule has 0 bridgehead atoms. The Balaban J connectivity index is 1.81. The second-order valence-corrected chi connectivity index (χ2v) is 9.71. The second-order valence-electron chi connectivity index (χ2n) is 9.71. The van der Waals surface area contributed by atoms with Crippen molar-refractivity contribution in [3.05, 3.63) is 71.8 Å². The number of nitrogens with two attached hydrogens (primary N) is 1. The summed E-state index contributed by atoms with van der Waals surface area (Å²) >= 11 is 0. The van der Waals surface area contributed by atoms with Gasteiger partial charge in [-0.1, -0.05) is 60.7 Å². The molecule has 7 N–H and O–H groups in total. The van der Waals surface area contributed by atoms with Gasteiger partial charge in [0.25, 0.3) is 0 Å². The SMILES string of the molecule is NCCCC[C@H](NC(=O)N[C@H](CCCCNC(=O)OCc1ccccc1)C(=O)NCCCc1ccccc1)C(=O)O. The molecule has 11 nitrogen and oxygen atoms in total. The first kappa shape index (κ1) is 33.1. The van der Waals surface area contributed by atoms with Gasteiger partial charge < -0.3 is 36.8 Å². The van der Waals surface area contributed by atoms with Crippen molar-refractivity contribution < 1.29 is 29.0 Å². The molecule has 41 heavy (non-hydrogen) atoms. The summed E-state index contributed by atoms with van der Waals surface area (Å²) in [6.45, 7) is 1.37. The van der Waals surface area contributed by atoms with Gasteiger partial charge in [-0.3, -0.25) is 4.79 Å². The number of rotatable bonds is 19. The van der Waals surface area contributed by atoms with E-state index in [0.29, 0.717) is 51.7 Å². The average Bonchev–Trinajstić information content (AvgIpc) is 2.98. The Labute approximate surface area is 241 Å². The van der Waals surface area contributed by atoms with E-state index in [1.165, 1.54) is 5.56 Å². The number of benzene rings is 2. The van der Waals surface area contributed by atoms with Crippen LogP contribution in [0.25, 0.3) is 0 Å². The van der Waals surface area contributed by atoms with E-state index in [9.17, 15) is 24.3 Å². The van der Waals surface area contributed by atoms with Crippen LogP contribution in [0.15, 0.2) is 60.7 Å². The summed E-state index contributed by atoms with van der Waals surface area (Å²) < 4.78 is 5.19. The van der Waals surface area contributed by atoms with Gasteiger partial charge in [0.05, 0.1) is 0 Å². The zero-order valence-corrected chi connectivity index (χ0v) is 23.5. The summed E-state index contributed by atoms with van der Waals surface area (Å²) in [5.74, 6) is -1.50. The zero-order chi connectivity index (χ0) is 29.7. The van der Waals surface area contributed by atoms with Gasteiger partial charge in [0.15, 0.2) is 0 Å². The largest absolute Gasteiger partial charge is 0.480 e. The van der Waals surface area contributed by atoms with Crippen LogP contribution in [0.1, 0.15) is 56.1 Å². The van der Waals surface area contributed by atoms with Crippen LogP contribution >= 0.6 is 0 Å². The van der Waals surface area contributed by atoms with E-state index in [1.54, 1.807) is 0 Å². The minimum absolute atomic E-state index is 0.168. The first-order chi connectivity index (χ1) is 19.9. The average molecular weight is 570 g/mol. The summed E-state index contributed by atoms with van der Waals surface area (Å²) in [5.41, 5.74) is 7.53. The molecule has 0 aromatic heterocycles. The van der Waals surface area contributed by atoms with E-state index in [1.807, 2.05) is 60.7 Å². The molecular weight excluding hydrogens is 526 g/mol. The zero-order valence-electron chi connectivity index (χ0n) is 23.5. The standard InChI is InChI=1S/C30H43N5O6/c31-19-9-7-18-26(28(37)38)35-29(39)34-25(27(36)32-21-11-16-23-12-3-1-4-13-23)17-8-10-20-33-30(40)41-22-24-14-5-2-6-15-24/h1-6,12-15,25-26H,7-11,16-22,31H2,(H,32,36)(H,33,40)(H,37,38)(H2,34,35,39)/t25-,26+/m1/s1. The number of hydrogen-bond acceptors (Lipinski definition) is 6. The summed E-state index contributed by atoms with van der Waals surface area (Å²) in [5, 5.41) is 20.1. The Kier molecular flexibility index (Phi) is 16.0. The molecule has 0 saturated carbocycles. The minimum atomic E-state index is -1.15. The molecule has 0 unspecified atom stereocenters. The van der Waals surface area contributed by atoms with Crippen LogP contribution in [0.5, 0.6) is 0 Å². The molecule has 4 amide bonds. The van der Waals surface area contributed by atoms with E-state index in [4.69, 9.17) is 10.5 Å². The maximum absolute atomic E-state index is 12.9. The van der Waals surface area contributed by atoms with Gasteiger partial charge in [0, 0.05) is 13.1 Å². The molecule has 11 heteroatoms. The highest BCUT2D eigenvalue weighted by Gasteiger charge is 2.24. The third-order valence-corrected chi connectivity index (χ3v) is 6.36. The molecule has 2 rings (SSSR count). The number of carbonyl (C=O) groups excluding carboxylic acids is 3. The summed E-state index contributed by atoms with van der Waals surface area (Å²) in [7, 11) is 0. The number of unbranched alkanes of at least 4 members (excludes halogenated alkanes) is 2. The van der Waals surface area contributed by atoms with Gasteiger partial charge in [-0.25, -0.2) is 14.4 Å². The fourth-order valence-corrected chi connectivity index (χ4v) is 4.09. The number of urea groups is 1. The van der Waals surface area contributed by atoms with Crippen LogP contribution in [0.4, 0.5) is 9.59 Å². The second kappa shape index (κ2) is 19.9. The van der Waals surface area contributed by atoms with Crippen molar-refractivity contribution in [3.8, 4) is 0 Å². The number of carbonyl (C=O) groups is 4. The Hall–Kier alpha value is -4.12. The lowest BCUT2D eigenvalue weighted by Gasteiger charge is -2.21. The number of aryl methyl sites for hydroxylation is 1. The molecule has 0 aliphatic carbocycles. The van der Waals surface area contributed by atoms with Crippen molar-refractivity contribution in [2.24, 2.45) is 5.73 Å². The lowest BCUT2D eigenvalue weighted by Crippen LogP contribution is -2.53. The smallest absolute Gasteiger partial charge is 0.407 e. The van der Waals surface area contributed by atoms with Crippen molar-refractivity contribution >= 4 is 24.0 Å². The molecule has 0 heterocycles. The first-order valence-corrected chi connectivity index (χ1v) is 14.1. The number of nitrogens with one attached hydrogen (secondary N) is 4. The van der Waals surface area contributed by atoms with Crippen LogP contribution in [0.2, 0.25) is 0 Å². The maximum Gasteiger partial charge on any atom is 0.407 e. The molecule has 224 valence electrons. The number of carboxylic acid groups (broad SMARTS) is 1. The number of hydrogen-bond donors (Lipinski definition) is 6. The summed E-state index contributed by atoms with van der Waals surface area (Å²) in [6, 6.07) is 16.6. The van der Waals surface area contributed by atoms with Crippen LogP contribution < -0.4 is 27.0 Å². The quantitative estimate of drug-likeness (QED) is 0.141. The van der Waals surface area contributed by atoms with Crippen LogP contribution in [0, 0.1) is 0 Å². The molecule has 0 aliphatic rings. The molecule has 2 atom stereocenters. The van der Waals surface area contributed by atoms with E-state index >= 15 is 0 Å². The van der Waals surface area contributed by atoms with Crippen molar-refractivity contribution in [1.29, 1.82) is 0 Å². The molecule has 0 aliphatic heterocycles. The normalized spacial score (nSPS) is 12.0. The Morgan fingerprint density at radius 3 is 1.98 bits per heavy atom. The lowest BCUT2D eigenvalue weighted by atomic mass is 10.1. The molecule has 0 fully saturated rings. The third-order valence-electron chi connectivity index (χ3n) is 6.36.